The van der Waals surface area contributed by atoms with Crippen LogP contribution in [0.1, 0.15) is 37.1 Å². The highest BCUT2D eigenvalue weighted by atomic mass is 19.1. The van der Waals surface area contributed by atoms with Gasteiger partial charge in [0, 0.05) is 11.7 Å². The minimum absolute atomic E-state index is 0.0156. The summed E-state index contributed by atoms with van der Waals surface area (Å²) < 4.78 is 12.6. The summed E-state index contributed by atoms with van der Waals surface area (Å²) in [5.41, 5.74) is 7.54. The van der Waals surface area contributed by atoms with E-state index in [0.29, 0.717) is 5.69 Å². The van der Waals surface area contributed by atoms with Crippen molar-refractivity contribution in [1.82, 2.24) is 4.98 Å². The second kappa shape index (κ2) is 4.33. The highest BCUT2D eigenvalue weighted by Gasteiger charge is 2.08. The molecule has 0 amide bonds. The number of halogens is 1. The summed E-state index contributed by atoms with van der Waals surface area (Å²) in [6, 6.07) is 3.06. The number of pyridine rings is 1. The van der Waals surface area contributed by atoms with Crippen LogP contribution in [0.15, 0.2) is 12.1 Å². The summed E-state index contributed by atoms with van der Waals surface area (Å²) in [5, 5.41) is 0. The zero-order chi connectivity index (χ0) is 9.84. The quantitative estimate of drug-likeness (QED) is 0.728. The van der Waals surface area contributed by atoms with E-state index in [1.54, 1.807) is 13.0 Å². The van der Waals surface area contributed by atoms with Gasteiger partial charge in [-0.25, -0.2) is 4.98 Å². The van der Waals surface area contributed by atoms with Crippen molar-refractivity contribution < 1.29 is 4.39 Å². The normalized spacial score (nSPS) is 12.9. The van der Waals surface area contributed by atoms with Crippen LogP contribution >= 0.6 is 0 Å². The Morgan fingerprint density at radius 3 is 2.77 bits per heavy atom. The van der Waals surface area contributed by atoms with Crippen molar-refractivity contribution >= 4 is 0 Å². The smallest absolute Gasteiger partial charge is 0.213 e. The number of aromatic nitrogens is 1. The van der Waals surface area contributed by atoms with Crippen LogP contribution in [0.2, 0.25) is 0 Å². The van der Waals surface area contributed by atoms with Crippen molar-refractivity contribution in [3.63, 3.8) is 0 Å². The van der Waals surface area contributed by atoms with E-state index in [2.05, 4.69) is 11.9 Å². The Bertz CT molecular complexity index is 286. The summed E-state index contributed by atoms with van der Waals surface area (Å²) in [6.45, 7) is 3.86. The lowest BCUT2D eigenvalue weighted by atomic mass is 10.0. The van der Waals surface area contributed by atoms with Crippen LogP contribution in [0.4, 0.5) is 4.39 Å². The maximum absolute atomic E-state index is 12.6. The second-order valence-electron chi connectivity index (χ2n) is 3.20. The molecule has 0 aromatic carbocycles. The molecule has 0 bridgehead atoms. The molecule has 72 valence electrons. The molecule has 1 aromatic rings. The van der Waals surface area contributed by atoms with Gasteiger partial charge in [0.1, 0.15) is 0 Å². The summed E-state index contributed by atoms with van der Waals surface area (Å²) in [4.78, 5) is 3.73. The van der Waals surface area contributed by atoms with Gasteiger partial charge in [0.15, 0.2) is 0 Å². The van der Waals surface area contributed by atoms with Crippen LogP contribution in [0.25, 0.3) is 0 Å². The molecule has 13 heavy (non-hydrogen) atoms. The fourth-order valence-corrected chi connectivity index (χ4v) is 1.40. The van der Waals surface area contributed by atoms with Crippen molar-refractivity contribution in [3.8, 4) is 0 Å². The Kier molecular flexibility index (Phi) is 3.37. The summed E-state index contributed by atoms with van der Waals surface area (Å²) in [5.74, 6) is -0.440. The topological polar surface area (TPSA) is 38.9 Å². The molecule has 2 N–H and O–H groups in total. The van der Waals surface area contributed by atoms with Crippen LogP contribution in [0.5, 0.6) is 0 Å². The lowest BCUT2D eigenvalue weighted by Gasteiger charge is -2.12. The van der Waals surface area contributed by atoms with E-state index in [4.69, 9.17) is 5.73 Å². The van der Waals surface area contributed by atoms with E-state index in [1.165, 1.54) is 6.07 Å². The maximum atomic E-state index is 12.6. The second-order valence-corrected chi connectivity index (χ2v) is 3.20. The molecule has 1 heterocycles. The van der Waals surface area contributed by atoms with Crippen LogP contribution in [0.3, 0.4) is 0 Å². The summed E-state index contributed by atoms with van der Waals surface area (Å²) in [7, 11) is 0. The van der Waals surface area contributed by atoms with Crippen LogP contribution in [-0.2, 0) is 0 Å². The number of nitrogens with zero attached hydrogens (tertiary/aromatic N) is 1. The highest BCUT2D eigenvalue weighted by molar-refractivity contribution is 5.22. The zero-order valence-corrected chi connectivity index (χ0v) is 8.05. The Morgan fingerprint density at radius 1 is 1.54 bits per heavy atom. The molecule has 1 rings (SSSR count). The fourth-order valence-electron chi connectivity index (χ4n) is 1.40. The third-order valence-electron chi connectivity index (χ3n) is 2.09. The molecule has 0 radical (unpaired) electrons. The Morgan fingerprint density at radius 2 is 2.23 bits per heavy atom. The molecule has 3 heteroatoms. The van der Waals surface area contributed by atoms with Gasteiger partial charge in [-0.05, 0) is 25.0 Å². The first-order chi connectivity index (χ1) is 6.15. The maximum Gasteiger partial charge on any atom is 0.213 e. The summed E-state index contributed by atoms with van der Waals surface area (Å²) >= 11 is 0. The number of rotatable bonds is 3. The lowest BCUT2D eigenvalue weighted by Crippen LogP contribution is -2.12. The van der Waals surface area contributed by atoms with E-state index in [0.717, 1.165) is 18.4 Å². The Labute approximate surface area is 78.0 Å². The number of hydrogen-bond acceptors (Lipinski definition) is 2. The van der Waals surface area contributed by atoms with Gasteiger partial charge in [-0.1, -0.05) is 19.4 Å². The first-order valence-electron chi connectivity index (χ1n) is 4.53. The lowest BCUT2D eigenvalue weighted by molar-refractivity contribution is 0.569. The van der Waals surface area contributed by atoms with E-state index in [9.17, 15) is 4.39 Å². The van der Waals surface area contributed by atoms with Crippen molar-refractivity contribution in [2.24, 2.45) is 5.73 Å². The van der Waals surface area contributed by atoms with Crippen molar-refractivity contribution in [3.05, 3.63) is 29.3 Å². The van der Waals surface area contributed by atoms with Crippen LogP contribution in [0, 0.1) is 12.9 Å². The molecular weight excluding hydrogens is 167 g/mol. The third kappa shape index (κ3) is 2.49. The average molecular weight is 182 g/mol. The standard InChI is InChI=1S/C10H15FN2/c1-3-4-9(12)8-5-6-10(11)13-7(8)2/h5-6,9H,3-4,12H2,1-2H3. The molecule has 0 saturated heterocycles. The van der Waals surface area contributed by atoms with E-state index in [1.807, 2.05) is 0 Å². The van der Waals surface area contributed by atoms with Gasteiger partial charge < -0.3 is 5.73 Å². The largest absolute Gasteiger partial charge is 0.324 e. The number of aryl methyl sites for hydroxylation is 1. The molecule has 0 fully saturated rings. The molecule has 1 atom stereocenters. The van der Waals surface area contributed by atoms with Gasteiger partial charge in [0.05, 0.1) is 0 Å². The Hall–Kier alpha value is -0.960. The van der Waals surface area contributed by atoms with Gasteiger partial charge in [0.2, 0.25) is 5.95 Å². The molecule has 0 spiro atoms. The van der Waals surface area contributed by atoms with Gasteiger partial charge in [-0.3, -0.25) is 0 Å². The monoisotopic (exact) mass is 182 g/mol. The predicted octanol–water partition coefficient (Wildman–Crippen LogP) is 2.33. The first kappa shape index (κ1) is 10.1. The number of nitrogens with two attached hydrogens (primary N) is 1. The third-order valence-corrected chi connectivity index (χ3v) is 2.09. The average Bonchev–Trinajstić information content (AvgIpc) is 2.04. The number of hydrogen-bond donors (Lipinski definition) is 1. The summed E-state index contributed by atoms with van der Waals surface area (Å²) in [6.07, 6.45) is 1.94. The Balaban J connectivity index is 2.88. The zero-order valence-electron chi connectivity index (χ0n) is 8.05. The molecular formula is C10H15FN2. The van der Waals surface area contributed by atoms with Crippen LogP contribution < -0.4 is 5.73 Å². The van der Waals surface area contributed by atoms with Gasteiger partial charge in [0.25, 0.3) is 0 Å². The van der Waals surface area contributed by atoms with Crippen LogP contribution in [-0.4, -0.2) is 4.98 Å². The van der Waals surface area contributed by atoms with Crippen molar-refractivity contribution in [2.75, 3.05) is 0 Å². The van der Waals surface area contributed by atoms with Gasteiger partial charge in [-0.15, -0.1) is 0 Å². The van der Waals surface area contributed by atoms with Gasteiger partial charge in [-0.2, -0.15) is 4.39 Å². The predicted molar refractivity (Wildman–Crippen MR) is 50.8 cm³/mol. The molecule has 0 aliphatic heterocycles. The first-order valence-corrected chi connectivity index (χ1v) is 4.53. The fraction of sp³-hybridized carbons (Fsp3) is 0.500. The molecule has 2 nitrogen and oxygen atoms in total. The molecule has 1 unspecified atom stereocenters. The highest BCUT2D eigenvalue weighted by Crippen LogP contribution is 2.18. The minimum atomic E-state index is -0.440. The van der Waals surface area contributed by atoms with Crippen molar-refractivity contribution in [2.45, 2.75) is 32.7 Å². The molecule has 0 saturated carbocycles. The SMILES string of the molecule is CCCC(N)c1ccc(F)nc1C. The minimum Gasteiger partial charge on any atom is -0.324 e. The van der Waals surface area contributed by atoms with E-state index < -0.39 is 5.95 Å². The molecule has 0 aliphatic carbocycles. The van der Waals surface area contributed by atoms with Gasteiger partial charge >= 0.3 is 0 Å². The molecule has 1 aromatic heterocycles. The van der Waals surface area contributed by atoms with Crippen molar-refractivity contribution in [1.29, 1.82) is 0 Å². The molecule has 0 aliphatic rings. The van der Waals surface area contributed by atoms with E-state index >= 15 is 0 Å². The van der Waals surface area contributed by atoms with E-state index in [-0.39, 0.29) is 6.04 Å².